The second-order valence-corrected chi connectivity index (χ2v) is 7.49. The van der Waals surface area contributed by atoms with E-state index in [0.29, 0.717) is 11.5 Å². The Balaban J connectivity index is 2.02. The topological polar surface area (TPSA) is 58.2 Å². The van der Waals surface area contributed by atoms with Crippen molar-refractivity contribution >= 4 is 11.8 Å². The molecule has 0 spiro atoms. The highest BCUT2D eigenvalue weighted by atomic mass is 16.2. The van der Waals surface area contributed by atoms with Crippen LogP contribution in [-0.2, 0) is 4.79 Å². The van der Waals surface area contributed by atoms with Gasteiger partial charge in [0.2, 0.25) is 5.91 Å². The van der Waals surface area contributed by atoms with Gasteiger partial charge in [0.05, 0.1) is 0 Å². The second-order valence-electron chi connectivity index (χ2n) is 7.49. The maximum absolute atomic E-state index is 12.7. The summed E-state index contributed by atoms with van der Waals surface area (Å²) in [6, 6.07) is 7.18. The van der Waals surface area contributed by atoms with Gasteiger partial charge in [-0.1, -0.05) is 51.8 Å². The lowest BCUT2D eigenvalue weighted by Gasteiger charge is -2.30. The molecule has 1 aromatic carbocycles. The Bertz CT molecular complexity index is 583. The van der Waals surface area contributed by atoms with E-state index in [2.05, 4.69) is 17.6 Å². The van der Waals surface area contributed by atoms with Crippen molar-refractivity contribution in [3.05, 3.63) is 35.4 Å². The third-order valence-corrected chi connectivity index (χ3v) is 4.91. The molecule has 3 atom stereocenters. The van der Waals surface area contributed by atoms with Crippen molar-refractivity contribution in [2.75, 3.05) is 0 Å². The Morgan fingerprint density at radius 2 is 1.88 bits per heavy atom. The maximum Gasteiger partial charge on any atom is 0.252 e. The number of carbonyl (C=O) groups excluding carboxylic acids is 2. The van der Waals surface area contributed by atoms with E-state index in [1.165, 1.54) is 6.42 Å². The molecule has 2 N–H and O–H groups in total. The van der Waals surface area contributed by atoms with Crippen molar-refractivity contribution in [1.29, 1.82) is 0 Å². The maximum atomic E-state index is 12.7. The first-order chi connectivity index (χ1) is 11.4. The minimum Gasteiger partial charge on any atom is -0.352 e. The molecule has 1 aliphatic rings. The van der Waals surface area contributed by atoms with E-state index in [9.17, 15) is 9.59 Å². The van der Waals surface area contributed by atoms with E-state index in [1.54, 1.807) is 6.07 Å². The molecular formula is C20H30N2O2. The van der Waals surface area contributed by atoms with Gasteiger partial charge in [0.15, 0.2) is 0 Å². The van der Waals surface area contributed by atoms with Gasteiger partial charge in [-0.15, -0.1) is 0 Å². The molecule has 1 aromatic rings. The van der Waals surface area contributed by atoms with E-state index in [0.717, 1.165) is 24.8 Å². The summed E-state index contributed by atoms with van der Waals surface area (Å²) in [6.07, 6.45) is 4.47. The van der Waals surface area contributed by atoms with Gasteiger partial charge < -0.3 is 10.6 Å². The normalized spacial score (nSPS) is 22.0. The van der Waals surface area contributed by atoms with E-state index in [1.807, 2.05) is 39.0 Å². The molecule has 0 radical (unpaired) electrons. The van der Waals surface area contributed by atoms with E-state index in [-0.39, 0.29) is 23.8 Å². The highest BCUT2D eigenvalue weighted by Crippen LogP contribution is 2.23. The molecule has 0 bridgehead atoms. The van der Waals surface area contributed by atoms with Crippen molar-refractivity contribution < 1.29 is 9.59 Å². The van der Waals surface area contributed by atoms with Crippen molar-refractivity contribution in [1.82, 2.24) is 10.6 Å². The molecular weight excluding hydrogens is 300 g/mol. The summed E-state index contributed by atoms with van der Waals surface area (Å²) < 4.78 is 0. The summed E-state index contributed by atoms with van der Waals surface area (Å²) in [5.41, 5.74) is 1.54. The third-order valence-electron chi connectivity index (χ3n) is 4.91. The molecule has 3 unspecified atom stereocenters. The fourth-order valence-corrected chi connectivity index (χ4v) is 3.44. The zero-order valence-electron chi connectivity index (χ0n) is 15.3. The molecule has 0 saturated heterocycles. The first-order valence-corrected chi connectivity index (χ1v) is 9.05. The standard InChI is InChI=1S/C20H30N2O2/c1-13(2)18(20(24)21-16-10-7-8-14(3)12-16)22-19(23)17-11-6-5-9-15(17)4/h5-6,9,11,13-14,16,18H,7-8,10,12H2,1-4H3,(H,21,24)(H,22,23). The van der Waals surface area contributed by atoms with Gasteiger partial charge in [0, 0.05) is 11.6 Å². The second kappa shape index (κ2) is 8.32. The van der Waals surface area contributed by atoms with Gasteiger partial charge >= 0.3 is 0 Å². The smallest absolute Gasteiger partial charge is 0.252 e. The van der Waals surface area contributed by atoms with Crippen molar-refractivity contribution in [3.8, 4) is 0 Å². The lowest BCUT2D eigenvalue weighted by molar-refractivity contribution is -0.125. The number of carbonyl (C=O) groups is 2. The first-order valence-electron chi connectivity index (χ1n) is 9.05. The van der Waals surface area contributed by atoms with Crippen LogP contribution in [0, 0.1) is 18.8 Å². The number of benzene rings is 1. The number of hydrogen-bond acceptors (Lipinski definition) is 2. The molecule has 4 heteroatoms. The predicted molar refractivity (Wildman–Crippen MR) is 96.8 cm³/mol. The Labute approximate surface area is 145 Å². The summed E-state index contributed by atoms with van der Waals surface area (Å²) >= 11 is 0. The highest BCUT2D eigenvalue weighted by Gasteiger charge is 2.28. The average molecular weight is 330 g/mol. The van der Waals surface area contributed by atoms with Crippen LogP contribution in [0.4, 0.5) is 0 Å². The largest absolute Gasteiger partial charge is 0.352 e. The van der Waals surface area contributed by atoms with Crippen LogP contribution >= 0.6 is 0 Å². The van der Waals surface area contributed by atoms with Crippen LogP contribution in [0.25, 0.3) is 0 Å². The Kier molecular flexibility index (Phi) is 6.41. The lowest BCUT2D eigenvalue weighted by atomic mass is 9.87. The molecule has 24 heavy (non-hydrogen) atoms. The van der Waals surface area contributed by atoms with Gasteiger partial charge in [-0.3, -0.25) is 9.59 Å². The molecule has 1 saturated carbocycles. The third kappa shape index (κ3) is 4.83. The van der Waals surface area contributed by atoms with Crippen LogP contribution in [0.1, 0.15) is 62.4 Å². The first kappa shape index (κ1) is 18.5. The van der Waals surface area contributed by atoms with Crippen molar-refractivity contribution in [3.63, 3.8) is 0 Å². The molecule has 0 aliphatic heterocycles. The molecule has 2 rings (SSSR count). The minimum absolute atomic E-state index is 0.0407. The van der Waals surface area contributed by atoms with Crippen molar-refractivity contribution in [2.45, 2.75) is 65.5 Å². The summed E-state index contributed by atoms with van der Waals surface area (Å²) in [5, 5.41) is 6.07. The Morgan fingerprint density at radius 3 is 2.50 bits per heavy atom. The van der Waals surface area contributed by atoms with Crippen LogP contribution in [0.5, 0.6) is 0 Å². The zero-order valence-corrected chi connectivity index (χ0v) is 15.3. The van der Waals surface area contributed by atoms with Crippen molar-refractivity contribution in [2.24, 2.45) is 11.8 Å². The fourth-order valence-electron chi connectivity index (χ4n) is 3.44. The SMILES string of the molecule is Cc1ccccc1C(=O)NC(C(=O)NC1CCCC(C)C1)C(C)C. The van der Waals surface area contributed by atoms with E-state index < -0.39 is 6.04 Å². The van der Waals surface area contributed by atoms with Gasteiger partial charge in [-0.05, 0) is 43.2 Å². The van der Waals surface area contributed by atoms with Crippen LogP contribution in [-0.4, -0.2) is 23.9 Å². The summed E-state index contributed by atoms with van der Waals surface area (Å²) in [6.45, 7) is 8.07. The van der Waals surface area contributed by atoms with E-state index >= 15 is 0 Å². The number of rotatable bonds is 5. The summed E-state index contributed by atoms with van der Waals surface area (Å²) in [7, 11) is 0. The summed E-state index contributed by atoms with van der Waals surface area (Å²) in [5.74, 6) is 0.451. The molecule has 1 fully saturated rings. The van der Waals surface area contributed by atoms with Crippen LogP contribution in [0.2, 0.25) is 0 Å². The number of amides is 2. The molecule has 132 valence electrons. The Morgan fingerprint density at radius 1 is 1.17 bits per heavy atom. The number of aryl methyl sites for hydroxylation is 1. The summed E-state index contributed by atoms with van der Waals surface area (Å²) in [4.78, 5) is 25.2. The molecule has 1 aliphatic carbocycles. The molecule has 0 heterocycles. The molecule has 4 nitrogen and oxygen atoms in total. The number of nitrogens with one attached hydrogen (secondary N) is 2. The monoisotopic (exact) mass is 330 g/mol. The molecule has 2 amide bonds. The quantitative estimate of drug-likeness (QED) is 0.869. The van der Waals surface area contributed by atoms with Crippen LogP contribution in [0.15, 0.2) is 24.3 Å². The van der Waals surface area contributed by atoms with Gasteiger partial charge in [-0.2, -0.15) is 0 Å². The molecule has 0 aromatic heterocycles. The zero-order chi connectivity index (χ0) is 17.7. The lowest BCUT2D eigenvalue weighted by Crippen LogP contribution is -2.52. The van der Waals surface area contributed by atoms with Gasteiger partial charge in [0.1, 0.15) is 6.04 Å². The fraction of sp³-hybridized carbons (Fsp3) is 0.600. The Hall–Kier alpha value is -1.84. The van der Waals surface area contributed by atoms with Crippen LogP contribution in [0.3, 0.4) is 0 Å². The highest BCUT2D eigenvalue weighted by molar-refractivity contribution is 5.98. The number of hydrogen-bond donors (Lipinski definition) is 2. The van der Waals surface area contributed by atoms with Gasteiger partial charge in [-0.25, -0.2) is 0 Å². The van der Waals surface area contributed by atoms with Gasteiger partial charge in [0.25, 0.3) is 5.91 Å². The minimum atomic E-state index is -0.505. The predicted octanol–water partition coefficient (Wildman–Crippen LogP) is 3.44. The van der Waals surface area contributed by atoms with Crippen LogP contribution < -0.4 is 10.6 Å². The average Bonchev–Trinajstić information content (AvgIpc) is 2.52. The van der Waals surface area contributed by atoms with E-state index in [4.69, 9.17) is 0 Å².